The van der Waals surface area contributed by atoms with Crippen LogP contribution in [0.25, 0.3) is 0 Å². The molecule has 0 spiro atoms. The zero-order valence-corrected chi connectivity index (χ0v) is 13.2. The first-order chi connectivity index (χ1) is 10.6. The fraction of sp³-hybridized carbons (Fsp3) is 0.211. The predicted octanol–water partition coefficient (Wildman–Crippen LogP) is 4.51. The summed E-state index contributed by atoms with van der Waals surface area (Å²) in [6, 6.07) is 13.3. The molecule has 22 heavy (non-hydrogen) atoms. The van der Waals surface area contributed by atoms with E-state index < -0.39 is 0 Å². The largest absolute Gasteiger partial charge is 0.494 e. The summed E-state index contributed by atoms with van der Waals surface area (Å²) in [6.45, 7) is 6.64. The van der Waals surface area contributed by atoms with E-state index in [1.807, 2.05) is 63.2 Å². The molecule has 0 aliphatic carbocycles. The monoisotopic (exact) mass is 295 g/mol. The molecule has 0 saturated carbocycles. The highest BCUT2D eigenvalue weighted by Crippen LogP contribution is 2.16. The Hall–Kier alpha value is -2.55. The highest BCUT2D eigenvalue weighted by molar-refractivity contribution is 6.04. The molecule has 0 atom stereocenters. The summed E-state index contributed by atoms with van der Waals surface area (Å²) in [5, 5.41) is 3.08. The quantitative estimate of drug-likeness (QED) is 0.629. The Bertz CT molecular complexity index is 672. The Balaban J connectivity index is 1.96. The Morgan fingerprint density at radius 3 is 2.45 bits per heavy atom. The van der Waals surface area contributed by atoms with Crippen LogP contribution in [0.4, 0.5) is 5.69 Å². The second-order valence-electron chi connectivity index (χ2n) is 5.10. The van der Waals surface area contributed by atoms with Gasteiger partial charge in [0, 0.05) is 23.5 Å². The fourth-order valence-corrected chi connectivity index (χ4v) is 2.02. The predicted molar refractivity (Wildman–Crippen MR) is 90.6 cm³/mol. The molecule has 0 heterocycles. The molecule has 0 radical (unpaired) electrons. The maximum absolute atomic E-state index is 12.1. The van der Waals surface area contributed by atoms with Gasteiger partial charge in [0.25, 0.3) is 0 Å². The second kappa shape index (κ2) is 7.46. The first-order valence-corrected chi connectivity index (χ1v) is 7.37. The number of carbonyl (C=O) groups is 1. The number of hydrogen-bond acceptors (Lipinski definition) is 3. The summed E-state index contributed by atoms with van der Waals surface area (Å²) in [5.74, 6) is 0.824. The minimum absolute atomic E-state index is 0.0125. The Morgan fingerprint density at radius 1 is 1.09 bits per heavy atom. The van der Waals surface area contributed by atoms with Gasteiger partial charge in [-0.1, -0.05) is 12.1 Å². The maximum atomic E-state index is 12.1. The van der Waals surface area contributed by atoms with E-state index in [4.69, 9.17) is 4.74 Å². The highest BCUT2D eigenvalue weighted by Gasteiger charge is 2.03. The number of ether oxygens (including phenoxy) is 1. The van der Waals surface area contributed by atoms with Crippen molar-refractivity contribution in [1.29, 1.82) is 0 Å². The molecule has 0 unspecified atom stereocenters. The molecule has 2 aromatic rings. The number of allylic oxidation sites excluding steroid dienone is 1. The van der Waals surface area contributed by atoms with E-state index >= 15 is 0 Å². The van der Waals surface area contributed by atoms with Crippen molar-refractivity contribution in [3.05, 3.63) is 71.4 Å². The third kappa shape index (κ3) is 4.22. The zero-order valence-electron chi connectivity index (χ0n) is 13.2. The van der Waals surface area contributed by atoms with Crippen LogP contribution in [0.5, 0.6) is 5.75 Å². The van der Waals surface area contributed by atoms with Gasteiger partial charge < -0.3 is 10.1 Å². The maximum Gasteiger partial charge on any atom is 0.187 e. The summed E-state index contributed by atoms with van der Waals surface area (Å²) in [5.41, 5.74) is 3.92. The first kappa shape index (κ1) is 15.8. The van der Waals surface area contributed by atoms with E-state index in [0.29, 0.717) is 12.2 Å². The first-order valence-electron chi connectivity index (χ1n) is 7.37. The number of nitrogens with one attached hydrogen (secondary N) is 1. The van der Waals surface area contributed by atoms with Gasteiger partial charge in [-0.2, -0.15) is 0 Å². The lowest BCUT2D eigenvalue weighted by molar-refractivity contribution is 0.104. The van der Waals surface area contributed by atoms with Gasteiger partial charge in [0.15, 0.2) is 5.78 Å². The Kier molecular flexibility index (Phi) is 5.37. The third-order valence-electron chi connectivity index (χ3n) is 3.44. The second-order valence-corrected chi connectivity index (χ2v) is 5.10. The van der Waals surface area contributed by atoms with Crippen LogP contribution in [-0.2, 0) is 0 Å². The molecule has 2 rings (SSSR count). The van der Waals surface area contributed by atoms with E-state index in [9.17, 15) is 4.79 Å². The lowest BCUT2D eigenvalue weighted by atomic mass is 10.0. The average molecular weight is 295 g/mol. The molecule has 1 N–H and O–H groups in total. The van der Waals surface area contributed by atoms with Crippen molar-refractivity contribution < 1.29 is 9.53 Å². The summed E-state index contributed by atoms with van der Waals surface area (Å²) in [4.78, 5) is 12.1. The topological polar surface area (TPSA) is 38.3 Å². The lowest BCUT2D eigenvalue weighted by Gasteiger charge is -2.05. The number of rotatable bonds is 6. The molecule has 3 nitrogen and oxygen atoms in total. The van der Waals surface area contributed by atoms with Crippen LogP contribution in [-0.4, -0.2) is 12.4 Å². The Labute approximate surface area is 131 Å². The molecule has 0 aromatic heterocycles. The van der Waals surface area contributed by atoms with Gasteiger partial charge in [0.2, 0.25) is 0 Å². The highest BCUT2D eigenvalue weighted by atomic mass is 16.5. The fourth-order valence-electron chi connectivity index (χ4n) is 2.02. The SMILES string of the molecule is CCOc1ccc(NC=CC(=O)c2ccc(C)c(C)c2)cc1. The van der Waals surface area contributed by atoms with E-state index in [0.717, 1.165) is 17.0 Å². The minimum Gasteiger partial charge on any atom is -0.494 e. The van der Waals surface area contributed by atoms with Crippen LogP contribution >= 0.6 is 0 Å². The summed E-state index contributed by atoms with van der Waals surface area (Å²) in [7, 11) is 0. The lowest BCUT2D eigenvalue weighted by Crippen LogP contribution is -1.98. The molecular weight excluding hydrogens is 274 g/mol. The third-order valence-corrected chi connectivity index (χ3v) is 3.44. The van der Waals surface area contributed by atoms with Crippen LogP contribution in [0.15, 0.2) is 54.7 Å². The van der Waals surface area contributed by atoms with Crippen LogP contribution < -0.4 is 10.1 Å². The Morgan fingerprint density at radius 2 is 1.82 bits per heavy atom. The molecule has 0 fully saturated rings. The normalized spacial score (nSPS) is 10.7. The smallest absolute Gasteiger partial charge is 0.187 e. The van der Waals surface area contributed by atoms with Gasteiger partial charge in [0.05, 0.1) is 6.61 Å². The summed E-state index contributed by atoms with van der Waals surface area (Å²) in [6.07, 6.45) is 3.20. The zero-order chi connectivity index (χ0) is 15.9. The number of benzene rings is 2. The molecule has 2 aromatic carbocycles. The van der Waals surface area contributed by atoms with E-state index in [-0.39, 0.29) is 5.78 Å². The molecular formula is C19H21NO2. The van der Waals surface area contributed by atoms with E-state index in [1.165, 1.54) is 5.56 Å². The van der Waals surface area contributed by atoms with Crippen molar-refractivity contribution >= 4 is 11.5 Å². The van der Waals surface area contributed by atoms with E-state index in [1.54, 1.807) is 12.3 Å². The average Bonchev–Trinajstić information content (AvgIpc) is 2.52. The molecule has 114 valence electrons. The van der Waals surface area contributed by atoms with Crippen LogP contribution in [0.3, 0.4) is 0 Å². The van der Waals surface area contributed by atoms with Gasteiger partial charge in [-0.25, -0.2) is 0 Å². The number of aryl methyl sites for hydroxylation is 2. The van der Waals surface area contributed by atoms with E-state index in [2.05, 4.69) is 5.32 Å². The molecule has 0 amide bonds. The van der Waals surface area contributed by atoms with Crippen molar-refractivity contribution in [3.63, 3.8) is 0 Å². The van der Waals surface area contributed by atoms with Gasteiger partial charge in [-0.05, 0) is 62.2 Å². The summed E-state index contributed by atoms with van der Waals surface area (Å²) >= 11 is 0. The number of carbonyl (C=O) groups excluding carboxylic acids is 1. The number of ketones is 1. The molecule has 0 aliphatic rings. The van der Waals surface area contributed by atoms with Crippen LogP contribution in [0.1, 0.15) is 28.4 Å². The van der Waals surface area contributed by atoms with Crippen molar-refractivity contribution in [2.45, 2.75) is 20.8 Å². The van der Waals surface area contributed by atoms with Gasteiger partial charge in [0.1, 0.15) is 5.75 Å². The van der Waals surface area contributed by atoms with Gasteiger partial charge in [-0.3, -0.25) is 4.79 Å². The van der Waals surface area contributed by atoms with Crippen LogP contribution in [0, 0.1) is 13.8 Å². The van der Waals surface area contributed by atoms with Gasteiger partial charge in [-0.15, -0.1) is 0 Å². The molecule has 3 heteroatoms. The standard InChI is InChI=1S/C19H21NO2/c1-4-22-18-9-7-17(8-10-18)20-12-11-19(21)16-6-5-14(2)15(3)13-16/h5-13,20H,4H2,1-3H3. The van der Waals surface area contributed by atoms with Gasteiger partial charge >= 0.3 is 0 Å². The number of hydrogen-bond donors (Lipinski definition) is 1. The molecule has 0 saturated heterocycles. The van der Waals surface area contributed by atoms with Crippen LogP contribution in [0.2, 0.25) is 0 Å². The minimum atomic E-state index is -0.0125. The van der Waals surface area contributed by atoms with Crippen molar-refractivity contribution in [1.82, 2.24) is 0 Å². The van der Waals surface area contributed by atoms with Crippen molar-refractivity contribution in [2.75, 3.05) is 11.9 Å². The number of anilines is 1. The molecule has 0 bridgehead atoms. The van der Waals surface area contributed by atoms with Crippen molar-refractivity contribution in [2.24, 2.45) is 0 Å². The molecule has 0 aliphatic heterocycles. The summed E-state index contributed by atoms with van der Waals surface area (Å²) < 4.78 is 5.38. The van der Waals surface area contributed by atoms with Crippen molar-refractivity contribution in [3.8, 4) is 5.75 Å².